The zero-order valence-corrected chi connectivity index (χ0v) is 18.2. The number of fused-ring (bicyclic) bond motifs is 1. The Bertz CT molecular complexity index is 1340. The lowest BCUT2D eigenvalue weighted by Gasteiger charge is -2.07. The number of rotatable bonds is 5. The molecule has 1 aliphatic heterocycles. The minimum absolute atomic E-state index is 0.195. The van der Waals surface area contributed by atoms with Gasteiger partial charge in [-0.3, -0.25) is 4.79 Å². The number of hydrogen-bond donors (Lipinski definition) is 1. The fourth-order valence-electron chi connectivity index (χ4n) is 4.04. The van der Waals surface area contributed by atoms with Gasteiger partial charge in [-0.1, -0.05) is 24.3 Å². The second-order valence-corrected chi connectivity index (χ2v) is 8.08. The Morgan fingerprint density at radius 2 is 1.97 bits per heavy atom. The van der Waals surface area contributed by atoms with Gasteiger partial charge in [-0.2, -0.15) is 4.39 Å². The van der Waals surface area contributed by atoms with E-state index in [1.807, 2.05) is 47.9 Å². The number of nitrogens with zero attached hydrogens (tertiary/aromatic N) is 3. The number of aromatic nitrogens is 3. The number of pyridine rings is 2. The van der Waals surface area contributed by atoms with Gasteiger partial charge in [-0.25, -0.2) is 9.97 Å². The molecule has 166 valence electrons. The predicted molar refractivity (Wildman–Crippen MR) is 126 cm³/mol. The van der Waals surface area contributed by atoms with Crippen LogP contribution in [0.2, 0.25) is 0 Å². The number of nitrogens with one attached hydrogen (secondary N) is 1. The Kier molecular flexibility index (Phi) is 5.71. The van der Waals surface area contributed by atoms with Crippen LogP contribution < -0.4 is 5.32 Å². The van der Waals surface area contributed by atoms with Gasteiger partial charge < -0.3 is 14.5 Å². The molecule has 0 aliphatic carbocycles. The normalized spacial score (nSPS) is 16.0. The van der Waals surface area contributed by atoms with Crippen molar-refractivity contribution >= 4 is 29.4 Å². The topological polar surface area (TPSA) is 68.5 Å². The first-order valence-electron chi connectivity index (χ1n) is 10.9. The van der Waals surface area contributed by atoms with E-state index in [2.05, 4.69) is 10.3 Å². The molecule has 33 heavy (non-hydrogen) atoms. The Morgan fingerprint density at radius 3 is 2.73 bits per heavy atom. The number of aryl methyl sites for hydroxylation is 1. The molecule has 0 unspecified atom stereocenters. The first kappa shape index (κ1) is 21.0. The fourth-order valence-corrected chi connectivity index (χ4v) is 4.04. The highest BCUT2D eigenvalue weighted by atomic mass is 19.1. The smallest absolute Gasteiger partial charge is 0.255 e. The Labute approximate surface area is 190 Å². The van der Waals surface area contributed by atoms with E-state index in [1.165, 1.54) is 6.07 Å². The number of carbonyl (C=O) groups is 1. The second-order valence-electron chi connectivity index (χ2n) is 8.08. The van der Waals surface area contributed by atoms with Crippen LogP contribution in [0.25, 0.3) is 17.8 Å². The van der Waals surface area contributed by atoms with Crippen LogP contribution in [0.5, 0.6) is 0 Å². The van der Waals surface area contributed by atoms with Crippen molar-refractivity contribution in [1.29, 1.82) is 0 Å². The van der Waals surface area contributed by atoms with Crippen LogP contribution in [0.15, 0.2) is 60.8 Å². The standard InChI is InChI=1S/C26H23FN4O2/c1-17-25(20-13-14-33-16-20)30-24-12-11-22(15-31(17)24)29-26(32)19-8-5-18(6-9-19)7-10-21-3-2-4-23(27)28-21/h2-12,15,20H,13-14,16H2,1H3,(H,29,32)/b10-7+/t20-/m1/s1. The molecule has 0 spiro atoms. The first-order valence-corrected chi connectivity index (χ1v) is 10.9. The first-order chi connectivity index (χ1) is 16.1. The van der Waals surface area contributed by atoms with Crippen molar-refractivity contribution < 1.29 is 13.9 Å². The van der Waals surface area contributed by atoms with E-state index in [-0.39, 0.29) is 5.91 Å². The van der Waals surface area contributed by atoms with Crippen LogP contribution in [0, 0.1) is 12.9 Å². The lowest BCUT2D eigenvalue weighted by Crippen LogP contribution is -2.12. The van der Waals surface area contributed by atoms with Gasteiger partial charge in [0.15, 0.2) is 0 Å². The third-order valence-electron chi connectivity index (χ3n) is 5.82. The molecule has 1 saturated heterocycles. The molecule has 5 rings (SSSR count). The summed E-state index contributed by atoms with van der Waals surface area (Å²) in [6.07, 6.45) is 6.44. The largest absolute Gasteiger partial charge is 0.381 e. The summed E-state index contributed by atoms with van der Waals surface area (Å²) in [5, 5.41) is 2.96. The molecule has 0 radical (unpaired) electrons. The molecule has 4 aromatic rings. The maximum atomic E-state index is 13.2. The average Bonchev–Trinajstić information content (AvgIpc) is 3.46. The molecule has 3 aromatic heterocycles. The highest BCUT2D eigenvalue weighted by molar-refractivity contribution is 6.04. The maximum absolute atomic E-state index is 13.2. The van der Waals surface area contributed by atoms with E-state index < -0.39 is 5.95 Å². The Hall–Kier alpha value is -3.84. The molecule has 6 nitrogen and oxygen atoms in total. The van der Waals surface area contributed by atoms with E-state index >= 15 is 0 Å². The molecule has 0 saturated carbocycles. The summed E-state index contributed by atoms with van der Waals surface area (Å²) in [7, 11) is 0. The summed E-state index contributed by atoms with van der Waals surface area (Å²) in [6.45, 7) is 3.53. The molecule has 0 bridgehead atoms. The zero-order chi connectivity index (χ0) is 22.8. The summed E-state index contributed by atoms with van der Waals surface area (Å²) in [5.74, 6) is -0.386. The van der Waals surface area contributed by atoms with Crippen molar-refractivity contribution in [2.24, 2.45) is 0 Å². The van der Waals surface area contributed by atoms with Gasteiger partial charge in [-0.05, 0) is 61.4 Å². The minimum atomic E-state index is -0.517. The maximum Gasteiger partial charge on any atom is 0.255 e. The summed E-state index contributed by atoms with van der Waals surface area (Å²) >= 11 is 0. The lowest BCUT2D eigenvalue weighted by molar-refractivity contribution is 0.102. The zero-order valence-electron chi connectivity index (χ0n) is 18.2. The molecule has 1 amide bonds. The lowest BCUT2D eigenvalue weighted by atomic mass is 10.0. The van der Waals surface area contributed by atoms with Gasteiger partial charge in [0.05, 0.1) is 23.7 Å². The quantitative estimate of drug-likeness (QED) is 0.437. The number of ether oxygens (including phenoxy) is 1. The monoisotopic (exact) mass is 442 g/mol. The molecular formula is C26H23FN4O2. The van der Waals surface area contributed by atoms with Crippen LogP contribution in [0.4, 0.5) is 10.1 Å². The number of benzene rings is 1. The van der Waals surface area contributed by atoms with Gasteiger partial charge in [-0.15, -0.1) is 0 Å². The second kappa shape index (κ2) is 8.96. The fraction of sp³-hybridized carbons (Fsp3) is 0.192. The van der Waals surface area contributed by atoms with Crippen LogP contribution in [-0.2, 0) is 4.74 Å². The van der Waals surface area contributed by atoms with Crippen LogP contribution in [-0.4, -0.2) is 33.5 Å². The number of hydrogen-bond acceptors (Lipinski definition) is 4. The molecule has 1 atom stereocenters. The Morgan fingerprint density at radius 1 is 1.12 bits per heavy atom. The number of imidazole rings is 1. The van der Waals surface area contributed by atoms with E-state index in [0.29, 0.717) is 29.5 Å². The summed E-state index contributed by atoms with van der Waals surface area (Å²) in [5.41, 5.74) is 5.65. The van der Waals surface area contributed by atoms with E-state index in [1.54, 1.807) is 30.3 Å². The third-order valence-corrected chi connectivity index (χ3v) is 5.82. The molecule has 1 aromatic carbocycles. The molecular weight excluding hydrogens is 419 g/mol. The van der Waals surface area contributed by atoms with E-state index in [4.69, 9.17) is 9.72 Å². The molecule has 1 fully saturated rings. The van der Waals surface area contributed by atoms with Crippen molar-refractivity contribution in [2.45, 2.75) is 19.3 Å². The molecule has 7 heteroatoms. The minimum Gasteiger partial charge on any atom is -0.381 e. The summed E-state index contributed by atoms with van der Waals surface area (Å²) in [6, 6.07) is 15.6. The SMILES string of the molecule is Cc1c([C@@H]2CCOC2)nc2ccc(NC(=O)c3ccc(/C=C/c4cccc(F)n4)cc3)cn12. The van der Waals surface area contributed by atoms with Gasteiger partial charge in [0, 0.05) is 30.0 Å². The highest BCUT2D eigenvalue weighted by Crippen LogP contribution is 2.28. The molecule has 1 N–H and O–H groups in total. The van der Waals surface area contributed by atoms with Gasteiger partial charge >= 0.3 is 0 Å². The van der Waals surface area contributed by atoms with Crippen LogP contribution >= 0.6 is 0 Å². The van der Waals surface area contributed by atoms with Crippen molar-refractivity contribution in [3.05, 3.63) is 95.0 Å². The predicted octanol–water partition coefficient (Wildman–Crippen LogP) is 5.10. The summed E-state index contributed by atoms with van der Waals surface area (Å²) in [4.78, 5) is 21.3. The number of halogens is 1. The number of carbonyl (C=O) groups excluding carboxylic acids is 1. The van der Waals surface area contributed by atoms with Gasteiger partial charge in [0.25, 0.3) is 5.91 Å². The molecule has 1 aliphatic rings. The highest BCUT2D eigenvalue weighted by Gasteiger charge is 2.23. The van der Waals surface area contributed by atoms with E-state index in [0.717, 1.165) is 35.6 Å². The van der Waals surface area contributed by atoms with Crippen molar-refractivity contribution in [3.8, 4) is 0 Å². The van der Waals surface area contributed by atoms with Crippen LogP contribution in [0.1, 0.15) is 45.3 Å². The van der Waals surface area contributed by atoms with Crippen molar-refractivity contribution in [1.82, 2.24) is 14.4 Å². The van der Waals surface area contributed by atoms with Crippen LogP contribution in [0.3, 0.4) is 0 Å². The van der Waals surface area contributed by atoms with Crippen molar-refractivity contribution in [2.75, 3.05) is 18.5 Å². The third kappa shape index (κ3) is 4.54. The molecule has 4 heterocycles. The Balaban J connectivity index is 1.29. The summed E-state index contributed by atoms with van der Waals surface area (Å²) < 4.78 is 20.7. The number of amides is 1. The van der Waals surface area contributed by atoms with E-state index in [9.17, 15) is 9.18 Å². The van der Waals surface area contributed by atoms with Gasteiger partial charge in [0.2, 0.25) is 5.95 Å². The van der Waals surface area contributed by atoms with Gasteiger partial charge in [0.1, 0.15) is 5.65 Å². The van der Waals surface area contributed by atoms with Crippen molar-refractivity contribution in [3.63, 3.8) is 0 Å². The number of anilines is 1. The average molecular weight is 442 g/mol.